The van der Waals surface area contributed by atoms with E-state index in [1.165, 1.54) is 12.1 Å². The van der Waals surface area contributed by atoms with Crippen LogP contribution in [0, 0.1) is 11.3 Å². The highest BCUT2D eigenvalue weighted by Gasteiger charge is 2.16. The van der Waals surface area contributed by atoms with E-state index in [2.05, 4.69) is 21.2 Å². The van der Waals surface area contributed by atoms with Crippen molar-refractivity contribution in [3.05, 3.63) is 45.9 Å². The number of carbonyl (C=O) groups excluding carboxylic acids is 1. The maximum atomic E-state index is 12.3. The molecule has 0 aromatic heterocycles. The van der Waals surface area contributed by atoms with Gasteiger partial charge < -0.3 is 14.8 Å². The van der Waals surface area contributed by atoms with Crippen LogP contribution in [0.2, 0.25) is 0 Å². The number of sulfonamides is 1. The van der Waals surface area contributed by atoms with Gasteiger partial charge in [-0.1, -0.05) is 13.0 Å². The molecule has 3 N–H and O–H groups in total. The minimum Gasteiger partial charge on any atom is -0.490 e. The highest BCUT2D eigenvalue weighted by Crippen LogP contribution is 2.36. The summed E-state index contributed by atoms with van der Waals surface area (Å²) in [5.41, 5.74) is 1.22. The van der Waals surface area contributed by atoms with E-state index in [1.807, 2.05) is 13.0 Å². The Balaban J connectivity index is 2.16. The zero-order valence-corrected chi connectivity index (χ0v) is 18.3. The van der Waals surface area contributed by atoms with E-state index < -0.39 is 15.9 Å². The summed E-state index contributed by atoms with van der Waals surface area (Å²) >= 11 is 3.30. The second kappa shape index (κ2) is 9.73. The number of anilines is 1. The second-order valence-corrected chi connectivity index (χ2v) is 8.27. The maximum Gasteiger partial charge on any atom is 0.262 e. The average molecular weight is 482 g/mol. The van der Waals surface area contributed by atoms with Gasteiger partial charge >= 0.3 is 0 Å². The molecule has 0 aliphatic carbocycles. The molecule has 29 heavy (non-hydrogen) atoms. The molecule has 2 rings (SSSR count). The van der Waals surface area contributed by atoms with Gasteiger partial charge in [0.15, 0.2) is 18.1 Å². The molecule has 1 amide bonds. The van der Waals surface area contributed by atoms with Crippen LogP contribution in [0.25, 0.3) is 0 Å². The number of rotatable bonds is 8. The molecule has 0 radical (unpaired) electrons. The Kier molecular flexibility index (Phi) is 7.61. The molecule has 8 nitrogen and oxygen atoms in total. The average Bonchev–Trinajstić information content (AvgIpc) is 2.66. The molecule has 0 spiro atoms. The van der Waals surface area contributed by atoms with Gasteiger partial charge in [0, 0.05) is 11.8 Å². The summed E-state index contributed by atoms with van der Waals surface area (Å²) in [4.78, 5) is 12.2. The van der Waals surface area contributed by atoms with Gasteiger partial charge in [0.1, 0.15) is 0 Å². The predicted octanol–water partition coefficient (Wildman–Crippen LogP) is 2.95. The normalized spacial score (nSPS) is 10.9. The predicted molar refractivity (Wildman–Crippen MR) is 111 cm³/mol. The number of benzene rings is 2. The zero-order chi connectivity index (χ0) is 21.6. The van der Waals surface area contributed by atoms with Gasteiger partial charge in [0.2, 0.25) is 10.0 Å². The lowest BCUT2D eigenvalue weighted by molar-refractivity contribution is -0.118. The summed E-state index contributed by atoms with van der Waals surface area (Å²) < 4.78 is 35.0. The van der Waals surface area contributed by atoms with Crippen molar-refractivity contribution >= 4 is 37.5 Å². The third-order valence-electron chi connectivity index (χ3n) is 3.82. The van der Waals surface area contributed by atoms with Crippen molar-refractivity contribution in [1.29, 1.82) is 5.26 Å². The third kappa shape index (κ3) is 5.93. The summed E-state index contributed by atoms with van der Waals surface area (Å²) in [7, 11) is -3.91. The second-order valence-electron chi connectivity index (χ2n) is 5.89. The van der Waals surface area contributed by atoms with Crippen LogP contribution in [0.5, 0.6) is 11.5 Å². The third-order valence-corrected chi connectivity index (χ3v) is 5.41. The molecule has 2 aromatic carbocycles. The number of carbonyl (C=O) groups is 1. The van der Waals surface area contributed by atoms with Gasteiger partial charge in [-0.3, -0.25) is 4.79 Å². The molecule has 0 saturated carbocycles. The first-order valence-electron chi connectivity index (χ1n) is 8.64. The van der Waals surface area contributed by atoms with Crippen LogP contribution in [-0.4, -0.2) is 27.5 Å². The lowest BCUT2D eigenvalue weighted by Gasteiger charge is -2.14. The number of primary sulfonamides is 1. The van der Waals surface area contributed by atoms with Crippen LogP contribution in [0.3, 0.4) is 0 Å². The molecule has 0 atom stereocenters. The van der Waals surface area contributed by atoms with Crippen LogP contribution in [0.1, 0.15) is 25.0 Å². The Morgan fingerprint density at radius 2 is 1.97 bits per heavy atom. The lowest BCUT2D eigenvalue weighted by atomic mass is 10.1. The van der Waals surface area contributed by atoms with Crippen molar-refractivity contribution in [2.24, 2.45) is 5.14 Å². The van der Waals surface area contributed by atoms with Crippen molar-refractivity contribution in [2.45, 2.75) is 25.2 Å². The highest BCUT2D eigenvalue weighted by molar-refractivity contribution is 9.10. The van der Waals surface area contributed by atoms with Crippen LogP contribution in [0.15, 0.2) is 39.7 Å². The van der Waals surface area contributed by atoms with Crippen molar-refractivity contribution in [3.63, 3.8) is 0 Å². The number of hydrogen-bond donors (Lipinski definition) is 2. The number of aryl methyl sites for hydroxylation is 1. The summed E-state index contributed by atoms with van der Waals surface area (Å²) in [6.07, 6.45) is 0.482. The van der Waals surface area contributed by atoms with Gasteiger partial charge in [0.05, 0.1) is 27.6 Å². The smallest absolute Gasteiger partial charge is 0.262 e. The molecule has 0 heterocycles. The molecule has 0 fully saturated rings. The number of nitrogens with two attached hydrogens (primary N) is 1. The fourth-order valence-electron chi connectivity index (χ4n) is 2.56. The molecule has 0 bridgehead atoms. The summed E-state index contributed by atoms with van der Waals surface area (Å²) in [5, 5.41) is 16.9. The van der Waals surface area contributed by atoms with E-state index >= 15 is 0 Å². The van der Waals surface area contributed by atoms with Crippen molar-refractivity contribution in [3.8, 4) is 17.6 Å². The Labute approximate surface area is 177 Å². The van der Waals surface area contributed by atoms with Crippen molar-refractivity contribution < 1.29 is 22.7 Å². The largest absolute Gasteiger partial charge is 0.490 e. The Bertz CT molecular complexity index is 1060. The van der Waals surface area contributed by atoms with Gasteiger partial charge in [-0.25, -0.2) is 13.6 Å². The standard InChI is InChI=1S/C19H20BrN3O5S/c1-3-13-5-6-14(9-17(13)29(22,25)26)23-18(24)11-28-19-15(20)7-12(10-21)8-16(19)27-4-2/h5-9H,3-4,11H2,1-2H3,(H,23,24)(H2,22,25,26). The molecular formula is C19H20BrN3O5S. The fraction of sp³-hybridized carbons (Fsp3) is 0.263. The van der Waals surface area contributed by atoms with Gasteiger partial charge in [0.25, 0.3) is 5.91 Å². The monoisotopic (exact) mass is 481 g/mol. The first-order chi connectivity index (χ1) is 13.7. The Morgan fingerprint density at radius 3 is 2.55 bits per heavy atom. The minimum absolute atomic E-state index is 0.0350. The summed E-state index contributed by atoms with van der Waals surface area (Å²) in [6, 6.07) is 9.59. The number of nitrogens with zero attached hydrogens (tertiary/aromatic N) is 1. The molecule has 10 heteroatoms. The van der Waals surface area contributed by atoms with Gasteiger partial charge in [-0.2, -0.15) is 5.26 Å². The number of nitrogens with one attached hydrogen (secondary N) is 1. The van der Waals surface area contributed by atoms with E-state index in [4.69, 9.17) is 19.9 Å². The Morgan fingerprint density at radius 1 is 1.24 bits per heavy atom. The van der Waals surface area contributed by atoms with Crippen molar-refractivity contribution in [2.75, 3.05) is 18.5 Å². The summed E-state index contributed by atoms with van der Waals surface area (Å²) in [5.74, 6) is 0.107. The first-order valence-corrected chi connectivity index (χ1v) is 11.0. The number of hydrogen-bond acceptors (Lipinski definition) is 6. The number of nitriles is 1. The van der Waals surface area contributed by atoms with Crippen molar-refractivity contribution in [1.82, 2.24) is 0 Å². The molecular weight excluding hydrogens is 462 g/mol. The molecule has 154 valence electrons. The summed E-state index contributed by atoms with van der Waals surface area (Å²) in [6.45, 7) is 3.59. The highest BCUT2D eigenvalue weighted by atomic mass is 79.9. The molecule has 0 saturated heterocycles. The minimum atomic E-state index is -3.91. The first kappa shape index (κ1) is 22.7. The quantitative estimate of drug-likeness (QED) is 0.595. The van der Waals surface area contributed by atoms with E-state index in [-0.39, 0.29) is 22.9 Å². The number of ether oxygens (including phenoxy) is 2. The molecule has 0 aliphatic heterocycles. The topological polar surface area (TPSA) is 132 Å². The fourth-order valence-corrected chi connectivity index (χ4v) is 3.99. The molecule has 0 aliphatic rings. The molecule has 0 unspecified atom stereocenters. The van der Waals surface area contributed by atoms with Crippen LogP contribution in [0.4, 0.5) is 5.69 Å². The Hall–Kier alpha value is -2.61. The van der Waals surface area contributed by atoms with Gasteiger partial charge in [-0.15, -0.1) is 0 Å². The SMILES string of the molecule is CCOc1cc(C#N)cc(Br)c1OCC(=O)Nc1ccc(CC)c(S(N)(=O)=O)c1. The van der Waals surface area contributed by atoms with E-state index in [0.717, 1.165) is 0 Å². The molecule has 2 aromatic rings. The number of halogens is 1. The zero-order valence-electron chi connectivity index (χ0n) is 15.9. The lowest BCUT2D eigenvalue weighted by Crippen LogP contribution is -2.21. The van der Waals surface area contributed by atoms with Gasteiger partial charge in [-0.05, 0) is 53.0 Å². The van der Waals surface area contributed by atoms with E-state index in [0.29, 0.717) is 34.4 Å². The number of amides is 1. The van der Waals surface area contributed by atoms with E-state index in [9.17, 15) is 13.2 Å². The maximum absolute atomic E-state index is 12.3. The van der Waals surface area contributed by atoms with Crippen LogP contribution >= 0.6 is 15.9 Å². The van der Waals surface area contributed by atoms with Crippen LogP contribution in [-0.2, 0) is 21.2 Å². The van der Waals surface area contributed by atoms with Crippen LogP contribution < -0.4 is 19.9 Å². The van der Waals surface area contributed by atoms with E-state index in [1.54, 1.807) is 25.1 Å².